The molecule has 3 heterocycles. The Morgan fingerprint density at radius 3 is 2.91 bits per heavy atom. The van der Waals surface area contributed by atoms with Crippen molar-refractivity contribution in [2.24, 2.45) is 5.92 Å². The van der Waals surface area contributed by atoms with E-state index in [1.54, 1.807) is 0 Å². The number of hydrogen-bond acceptors (Lipinski definition) is 8. The van der Waals surface area contributed by atoms with E-state index in [9.17, 15) is 15.0 Å². The van der Waals surface area contributed by atoms with Crippen LogP contribution < -0.4 is 11.3 Å². The molecule has 1 aliphatic heterocycles. The van der Waals surface area contributed by atoms with E-state index in [0.29, 0.717) is 6.54 Å². The third-order valence-corrected chi connectivity index (χ3v) is 4.00. The Morgan fingerprint density at radius 1 is 1.52 bits per heavy atom. The van der Waals surface area contributed by atoms with Gasteiger partial charge in [0, 0.05) is 12.5 Å². The molecule has 2 aromatic heterocycles. The van der Waals surface area contributed by atoms with E-state index >= 15 is 0 Å². The number of aromatic nitrogens is 4. The molecular weight excluding hydrogens is 304 g/mol. The number of anilines is 1. The van der Waals surface area contributed by atoms with Gasteiger partial charge in [0.15, 0.2) is 17.4 Å². The first-order chi connectivity index (χ1) is 10.9. The molecule has 0 amide bonds. The smallest absolute Gasteiger partial charge is 0.280 e. The highest BCUT2D eigenvalue weighted by molar-refractivity contribution is 5.70. The van der Waals surface area contributed by atoms with Crippen LogP contribution in [0.1, 0.15) is 6.23 Å². The number of nitrogens with zero attached hydrogens (tertiary/aromatic N) is 4. The van der Waals surface area contributed by atoms with Crippen LogP contribution >= 0.6 is 0 Å². The van der Waals surface area contributed by atoms with Crippen LogP contribution in [0.3, 0.4) is 0 Å². The van der Waals surface area contributed by atoms with Crippen LogP contribution in [-0.2, 0) is 4.74 Å². The highest BCUT2D eigenvalue weighted by Crippen LogP contribution is 2.35. The number of ether oxygens (including phenoxy) is 1. The molecule has 10 nitrogen and oxygen atoms in total. The van der Waals surface area contributed by atoms with Gasteiger partial charge in [0.25, 0.3) is 5.56 Å². The van der Waals surface area contributed by atoms with Crippen LogP contribution in [0.5, 0.6) is 0 Å². The Kier molecular flexibility index (Phi) is 4.06. The molecule has 1 aliphatic rings. The molecule has 10 heteroatoms. The molecule has 0 bridgehead atoms. The molecule has 0 saturated carbocycles. The van der Waals surface area contributed by atoms with Crippen molar-refractivity contribution in [1.29, 1.82) is 0 Å². The fourth-order valence-electron chi connectivity index (χ4n) is 2.98. The van der Waals surface area contributed by atoms with Crippen LogP contribution in [0.15, 0.2) is 11.1 Å². The van der Waals surface area contributed by atoms with Gasteiger partial charge in [0.2, 0.25) is 5.95 Å². The third-order valence-electron chi connectivity index (χ3n) is 4.00. The van der Waals surface area contributed by atoms with E-state index < -0.39 is 24.0 Å². The zero-order valence-corrected chi connectivity index (χ0v) is 12.9. The van der Waals surface area contributed by atoms with Crippen molar-refractivity contribution >= 4 is 17.1 Å². The van der Waals surface area contributed by atoms with Crippen LogP contribution in [0.2, 0.25) is 0 Å². The molecule has 5 N–H and O–H groups in total. The summed E-state index contributed by atoms with van der Waals surface area (Å²) in [4.78, 5) is 24.2. The topological polar surface area (TPSA) is 143 Å². The maximum atomic E-state index is 11.8. The van der Waals surface area contributed by atoms with Crippen LogP contribution in [0, 0.1) is 5.92 Å². The predicted octanol–water partition coefficient (Wildman–Crippen LogP) is -1.87. The quantitative estimate of drug-likeness (QED) is 0.512. The van der Waals surface area contributed by atoms with E-state index in [4.69, 9.17) is 10.5 Å². The van der Waals surface area contributed by atoms with Gasteiger partial charge in [0.05, 0.1) is 19.0 Å². The van der Waals surface area contributed by atoms with E-state index in [2.05, 4.69) is 15.0 Å². The fraction of sp³-hybridized carbons (Fsp3) is 0.615. The van der Waals surface area contributed by atoms with Gasteiger partial charge in [-0.3, -0.25) is 14.3 Å². The second-order valence-electron chi connectivity index (χ2n) is 5.94. The largest absolute Gasteiger partial charge is 0.394 e. The van der Waals surface area contributed by atoms with E-state index in [0.717, 1.165) is 0 Å². The van der Waals surface area contributed by atoms with E-state index in [-0.39, 0.29) is 29.6 Å². The molecule has 1 fully saturated rings. The zero-order chi connectivity index (χ0) is 16.7. The Labute approximate surface area is 131 Å². The summed E-state index contributed by atoms with van der Waals surface area (Å²) >= 11 is 0. The minimum absolute atomic E-state index is 0.0414. The summed E-state index contributed by atoms with van der Waals surface area (Å²) in [6.45, 7) is 0.334. The van der Waals surface area contributed by atoms with Crippen molar-refractivity contribution in [3.05, 3.63) is 16.7 Å². The number of aliphatic hydroxyl groups is 2. The van der Waals surface area contributed by atoms with Gasteiger partial charge in [-0.2, -0.15) is 4.98 Å². The number of nitrogens with one attached hydrogen (secondary N) is 1. The maximum Gasteiger partial charge on any atom is 0.280 e. The summed E-state index contributed by atoms with van der Waals surface area (Å²) in [6, 6.07) is 0. The molecule has 0 aromatic carbocycles. The summed E-state index contributed by atoms with van der Waals surface area (Å²) in [5.74, 6) is -0.322. The molecule has 23 heavy (non-hydrogen) atoms. The van der Waals surface area contributed by atoms with Crippen LogP contribution in [-0.4, -0.2) is 74.1 Å². The second kappa shape index (κ2) is 5.89. The van der Waals surface area contributed by atoms with Crippen molar-refractivity contribution in [3.63, 3.8) is 0 Å². The van der Waals surface area contributed by atoms with E-state index in [1.807, 2.05) is 19.0 Å². The number of aromatic amines is 1. The first kappa shape index (κ1) is 15.9. The first-order valence-electron chi connectivity index (χ1n) is 7.23. The van der Waals surface area contributed by atoms with Gasteiger partial charge < -0.3 is 25.6 Å². The predicted molar refractivity (Wildman–Crippen MR) is 81.6 cm³/mol. The van der Waals surface area contributed by atoms with Gasteiger partial charge in [-0.25, -0.2) is 4.98 Å². The van der Waals surface area contributed by atoms with E-state index in [1.165, 1.54) is 10.9 Å². The lowest BCUT2D eigenvalue weighted by Gasteiger charge is -2.22. The molecule has 2 aromatic rings. The Balaban J connectivity index is 2.00. The third kappa shape index (κ3) is 2.70. The number of aliphatic hydroxyl groups excluding tert-OH is 2. The number of rotatable bonds is 4. The van der Waals surface area contributed by atoms with Gasteiger partial charge in [0.1, 0.15) is 6.10 Å². The Bertz CT molecular complexity index is 756. The highest BCUT2D eigenvalue weighted by atomic mass is 16.5. The minimum atomic E-state index is -0.880. The Morgan fingerprint density at radius 2 is 2.26 bits per heavy atom. The monoisotopic (exact) mass is 324 g/mol. The van der Waals surface area contributed by atoms with Gasteiger partial charge >= 0.3 is 0 Å². The van der Waals surface area contributed by atoms with Gasteiger partial charge in [-0.15, -0.1) is 0 Å². The Hall–Kier alpha value is -2.01. The molecule has 0 aliphatic carbocycles. The highest BCUT2D eigenvalue weighted by Gasteiger charge is 2.44. The number of nitrogens with two attached hydrogens (primary N) is 1. The second-order valence-corrected chi connectivity index (χ2v) is 5.94. The average molecular weight is 324 g/mol. The lowest BCUT2D eigenvalue weighted by atomic mass is 9.98. The summed E-state index contributed by atoms with van der Waals surface area (Å²) in [6.07, 6.45) is -0.813. The average Bonchev–Trinajstić information content (AvgIpc) is 3.01. The molecule has 0 spiro atoms. The number of hydrogen-bond donors (Lipinski definition) is 4. The molecule has 126 valence electrons. The summed E-state index contributed by atoms with van der Waals surface area (Å²) in [5, 5.41) is 20.1. The molecule has 0 radical (unpaired) electrons. The SMILES string of the molecule is CN(C)CC1C(CO)OC(n2cnc3c(=O)[nH]c(N)nc32)C1O. The standard InChI is InChI=1S/C13H20N6O4/c1-18(2)3-6-7(4-20)23-12(9(6)21)19-5-15-8-10(19)16-13(14)17-11(8)22/h5-7,9,12,20-21H,3-4H2,1-2H3,(H3,14,16,17,22). The van der Waals surface area contributed by atoms with Crippen molar-refractivity contribution in [1.82, 2.24) is 24.4 Å². The lowest BCUT2D eigenvalue weighted by molar-refractivity contribution is -0.0494. The van der Waals surface area contributed by atoms with Gasteiger partial charge in [-0.05, 0) is 14.1 Å². The minimum Gasteiger partial charge on any atom is -0.394 e. The van der Waals surface area contributed by atoms with Gasteiger partial charge in [-0.1, -0.05) is 0 Å². The van der Waals surface area contributed by atoms with Crippen molar-refractivity contribution in [2.45, 2.75) is 18.4 Å². The van der Waals surface area contributed by atoms with Crippen molar-refractivity contribution in [2.75, 3.05) is 33.0 Å². The first-order valence-corrected chi connectivity index (χ1v) is 7.23. The normalized spacial score (nSPS) is 28.0. The lowest BCUT2D eigenvalue weighted by Crippen LogP contribution is -2.36. The van der Waals surface area contributed by atoms with Crippen molar-refractivity contribution < 1.29 is 14.9 Å². The molecular formula is C13H20N6O4. The molecule has 3 rings (SSSR count). The molecule has 4 unspecified atom stereocenters. The summed E-state index contributed by atoms with van der Waals surface area (Å²) < 4.78 is 7.25. The maximum absolute atomic E-state index is 11.8. The van der Waals surface area contributed by atoms with Crippen molar-refractivity contribution in [3.8, 4) is 0 Å². The fourth-order valence-corrected chi connectivity index (χ4v) is 2.98. The molecule has 4 atom stereocenters. The van der Waals surface area contributed by atoms with Crippen LogP contribution in [0.25, 0.3) is 11.2 Å². The number of nitrogen functional groups attached to an aromatic ring is 1. The zero-order valence-electron chi connectivity index (χ0n) is 12.9. The number of H-pyrrole nitrogens is 1. The number of fused-ring (bicyclic) bond motifs is 1. The summed E-state index contributed by atoms with van der Waals surface area (Å²) in [7, 11) is 3.76. The number of imidazole rings is 1. The summed E-state index contributed by atoms with van der Waals surface area (Å²) in [5.41, 5.74) is 5.47. The van der Waals surface area contributed by atoms with Crippen LogP contribution in [0.4, 0.5) is 5.95 Å². The molecule has 1 saturated heterocycles.